The third-order valence-electron chi connectivity index (χ3n) is 3.17. The van der Waals surface area contributed by atoms with Crippen molar-refractivity contribution in [2.75, 3.05) is 33.5 Å². The molecule has 7 heteroatoms. The molecule has 0 aromatic rings. The summed E-state index contributed by atoms with van der Waals surface area (Å²) in [5, 5.41) is 14.5. The van der Waals surface area contributed by atoms with Gasteiger partial charge >= 0.3 is 12.0 Å². The molecule has 0 atom stereocenters. The number of carbonyl (C=O) groups is 2. The number of carbonyl (C=O) groups excluding carboxylic acids is 1. The number of hydrogen-bond donors (Lipinski definition) is 3. The predicted octanol–water partition coefficient (Wildman–Crippen LogP) is 0.346. The van der Waals surface area contributed by atoms with Gasteiger partial charge in [0.25, 0.3) is 0 Å². The van der Waals surface area contributed by atoms with Gasteiger partial charge in [0, 0.05) is 46.3 Å². The average Bonchev–Trinajstić information content (AvgIpc) is 2.39. The first kappa shape index (κ1) is 15.7. The van der Waals surface area contributed by atoms with Crippen LogP contribution in [-0.2, 0) is 14.3 Å². The Kier molecular flexibility index (Phi) is 6.58. The number of carboxylic acid groups (broad SMARTS) is 1. The van der Waals surface area contributed by atoms with Crippen molar-refractivity contribution in [1.29, 1.82) is 0 Å². The van der Waals surface area contributed by atoms with Crippen LogP contribution < -0.4 is 10.6 Å². The van der Waals surface area contributed by atoms with E-state index in [0.29, 0.717) is 39.2 Å². The van der Waals surface area contributed by atoms with Crippen LogP contribution in [0.1, 0.15) is 25.7 Å². The van der Waals surface area contributed by atoms with E-state index >= 15 is 0 Å². The van der Waals surface area contributed by atoms with Crippen LogP contribution in [0.15, 0.2) is 0 Å². The first-order valence-corrected chi connectivity index (χ1v) is 6.47. The molecule has 0 aliphatic carbocycles. The van der Waals surface area contributed by atoms with Gasteiger partial charge in [0.05, 0.1) is 0 Å². The Hall–Kier alpha value is -1.34. The summed E-state index contributed by atoms with van der Waals surface area (Å²) in [5.74, 6) is -1.01. The Morgan fingerprint density at radius 1 is 1.32 bits per heavy atom. The molecule has 1 saturated heterocycles. The van der Waals surface area contributed by atoms with Crippen molar-refractivity contribution in [3.8, 4) is 0 Å². The molecule has 0 radical (unpaired) electrons. The van der Waals surface area contributed by atoms with Crippen molar-refractivity contribution in [3.63, 3.8) is 0 Å². The van der Waals surface area contributed by atoms with Crippen LogP contribution in [0.2, 0.25) is 0 Å². The van der Waals surface area contributed by atoms with Crippen molar-refractivity contribution in [2.45, 2.75) is 31.2 Å². The van der Waals surface area contributed by atoms with Crippen molar-refractivity contribution in [2.24, 2.45) is 0 Å². The van der Waals surface area contributed by atoms with E-state index in [1.54, 1.807) is 7.11 Å². The van der Waals surface area contributed by atoms with Crippen molar-refractivity contribution < 1.29 is 24.2 Å². The number of rotatable bonds is 7. The van der Waals surface area contributed by atoms with E-state index in [0.717, 1.165) is 12.8 Å². The van der Waals surface area contributed by atoms with Gasteiger partial charge in [0.2, 0.25) is 0 Å². The molecular weight excluding hydrogens is 252 g/mol. The second kappa shape index (κ2) is 7.96. The molecule has 1 rings (SSSR count). The zero-order valence-electron chi connectivity index (χ0n) is 11.2. The van der Waals surface area contributed by atoms with Gasteiger partial charge in [-0.25, -0.2) is 9.59 Å². The van der Waals surface area contributed by atoms with Crippen LogP contribution in [0.3, 0.4) is 0 Å². The number of carboxylic acids is 1. The van der Waals surface area contributed by atoms with Gasteiger partial charge in [-0.15, -0.1) is 0 Å². The van der Waals surface area contributed by atoms with Gasteiger partial charge in [-0.3, -0.25) is 0 Å². The third kappa shape index (κ3) is 5.04. The maximum atomic E-state index is 11.7. The fraction of sp³-hybridized carbons (Fsp3) is 0.833. The SMILES string of the molecule is COCCCCNC(=O)NC1(C(=O)O)CCOCC1. The summed E-state index contributed by atoms with van der Waals surface area (Å²) in [6.07, 6.45) is 2.23. The van der Waals surface area contributed by atoms with E-state index in [1.165, 1.54) is 0 Å². The van der Waals surface area contributed by atoms with Crippen LogP contribution in [0.25, 0.3) is 0 Å². The summed E-state index contributed by atoms with van der Waals surface area (Å²) in [6.45, 7) is 1.85. The van der Waals surface area contributed by atoms with Gasteiger partial charge in [0.15, 0.2) is 0 Å². The number of ether oxygens (including phenoxy) is 2. The van der Waals surface area contributed by atoms with E-state index in [-0.39, 0.29) is 0 Å². The first-order valence-electron chi connectivity index (χ1n) is 6.47. The standard InChI is InChI=1S/C12H22N2O5/c1-18-7-3-2-6-13-11(17)14-12(10(15)16)4-8-19-9-5-12/h2-9H2,1H3,(H,15,16)(H2,13,14,17). The highest BCUT2D eigenvalue weighted by Gasteiger charge is 2.41. The van der Waals surface area contributed by atoms with Gasteiger partial charge < -0.3 is 25.2 Å². The van der Waals surface area contributed by atoms with Crippen LogP contribution in [0, 0.1) is 0 Å². The summed E-state index contributed by atoms with van der Waals surface area (Å²) in [5.41, 5.74) is -1.20. The third-order valence-corrected chi connectivity index (χ3v) is 3.17. The van der Waals surface area contributed by atoms with Crippen LogP contribution in [0.4, 0.5) is 4.79 Å². The summed E-state index contributed by atoms with van der Waals surface area (Å²) in [7, 11) is 1.63. The van der Waals surface area contributed by atoms with Gasteiger partial charge in [-0.2, -0.15) is 0 Å². The molecule has 2 amide bonds. The minimum Gasteiger partial charge on any atom is -0.480 e. The largest absolute Gasteiger partial charge is 0.480 e. The lowest BCUT2D eigenvalue weighted by molar-refractivity contribution is -0.148. The molecule has 0 aromatic heterocycles. The Morgan fingerprint density at radius 2 is 2.00 bits per heavy atom. The molecule has 7 nitrogen and oxygen atoms in total. The lowest BCUT2D eigenvalue weighted by Gasteiger charge is -2.33. The maximum absolute atomic E-state index is 11.7. The molecule has 1 heterocycles. The molecule has 3 N–H and O–H groups in total. The number of unbranched alkanes of at least 4 members (excludes halogenated alkanes) is 1. The smallest absolute Gasteiger partial charge is 0.329 e. The topological polar surface area (TPSA) is 96.9 Å². The molecule has 1 aliphatic rings. The Balaban J connectivity index is 2.33. The molecule has 1 fully saturated rings. The van der Waals surface area contributed by atoms with Crippen molar-refractivity contribution in [3.05, 3.63) is 0 Å². The normalized spacial score (nSPS) is 17.7. The fourth-order valence-corrected chi connectivity index (χ4v) is 1.95. The van der Waals surface area contributed by atoms with Gasteiger partial charge in [-0.05, 0) is 12.8 Å². The fourth-order valence-electron chi connectivity index (χ4n) is 1.95. The van der Waals surface area contributed by atoms with Crippen LogP contribution in [-0.4, -0.2) is 56.1 Å². The number of methoxy groups -OCH3 is 1. The molecule has 0 bridgehead atoms. The second-order valence-corrected chi connectivity index (χ2v) is 4.58. The number of nitrogens with one attached hydrogen (secondary N) is 2. The zero-order chi connectivity index (χ0) is 14.1. The van der Waals surface area contributed by atoms with Crippen LogP contribution in [0.5, 0.6) is 0 Å². The molecule has 0 spiro atoms. The molecular formula is C12H22N2O5. The Bertz CT molecular complexity index is 302. The minimum absolute atomic E-state index is 0.291. The molecule has 0 saturated carbocycles. The van der Waals surface area contributed by atoms with Crippen molar-refractivity contribution >= 4 is 12.0 Å². The Morgan fingerprint density at radius 3 is 2.58 bits per heavy atom. The number of urea groups is 1. The highest BCUT2D eigenvalue weighted by atomic mass is 16.5. The summed E-state index contributed by atoms with van der Waals surface area (Å²) in [6, 6.07) is -0.443. The lowest BCUT2D eigenvalue weighted by atomic mass is 9.90. The first-order chi connectivity index (χ1) is 9.10. The Labute approximate surface area is 112 Å². The monoisotopic (exact) mass is 274 g/mol. The molecule has 0 aromatic carbocycles. The highest BCUT2D eigenvalue weighted by molar-refractivity contribution is 5.86. The summed E-state index contributed by atoms with van der Waals surface area (Å²) < 4.78 is 10.0. The van der Waals surface area contributed by atoms with E-state index in [4.69, 9.17) is 9.47 Å². The summed E-state index contributed by atoms with van der Waals surface area (Å²) in [4.78, 5) is 23.0. The molecule has 0 unspecified atom stereocenters. The molecule has 1 aliphatic heterocycles. The predicted molar refractivity (Wildman–Crippen MR) is 68.1 cm³/mol. The molecule has 19 heavy (non-hydrogen) atoms. The highest BCUT2D eigenvalue weighted by Crippen LogP contribution is 2.20. The zero-order valence-corrected chi connectivity index (χ0v) is 11.2. The second-order valence-electron chi connectivity index (χ2n) is 4.58. The van der Waals surface area contributed by atoms with Gasteiger partial charge in [-0.1, -0.05) is 0 Å². The average molecular weight is 274 g/mol. The summed E-state index contributed by atoms with van der Waals surface area (Å²) >= 11 is 0. The van der Waals surface area contributed by atoms with Gasteiger partial charge in [0.1, 0.15) is 5.54 Å². The minimum atomic E-state index is -1.20. The van der Waals surface area contributed by atoms with E-state index < -0.39 is 17.5 Å². The van der Waals surface area contributed by atoms with Crippen molar-refractivity contribution in [1.82, 2.24) is 10.6 Å². The number of amides is 2. The lowest BCUT2D eigenvalue weighted by Crippen LogP contribution is -2.59. The van der Waals surface area contributed by atoms with E-state index in [9.17, 15) is 14.7 Å². The van der Waals surface area contributed by atoms with Crippen LogP contribution >= 0.6 is 0 Å². The number of hydrogen-bond acceptors (Lipinski definition) is 4. The number of aliphatic carboxylic acids is 1. The van der Waals surface area contributed by atoms with E-state index in [2.05, 4.69) is 10.6 Å². The van der Waals surface area contributed by atoms with E-state index in [1.807, 2.05) is 0 Å². The quantitative estimate of drug-likeness (QED) is 0.582. The maximum Gasteiger partial charge on any atom is 0.329 e. The molecule has 110 valence electrons.